The standard InChI is InChI=1S/C11H18N2O3/c1-7(2)13(5-8(3)14)11(15)10-9(4)16-6-12-10/h6-8,14H,5H2,1-4H3. The number of aromatic nitrogens is 1. The van der Waals surface area contributed by atoms with E-state index in [9.17, 15) is 9.90 Å². The zero-order valence-electron chi connectivity index (χ0n) is 10.1. The van der Waals surface area contributed by atoms with E-state index in [1.165, 1.54) is 6.39 Å². The molecule has 1 atom stereocenters. The van der Waals surface area contributed by atoms with Gasteiger partial charge in [-0.15, -0.1) is 0 Å². The quantitative estimate of drug-likeness (QED) is 0.838. The molecule has 1 aromatic heterocycles. The van der Waals surface area contributed by atoms with Gasteiger partial charge in [-0.25, -0.2) is 4.98 Å². The minimum Gasteiger partial charge on any atom is -0.448 e. The predicted molar refractivity (Wildman–Crippen MR) is 59.1 cm³/mol. The molecule has 5 heteroatoms. The van der Waals surface area contributed by atoms with Crippen LogP contribution in [0.4, 0.5) is 0 Å². The van der Waals surface area contributed by atoms with Gasteiger partial charge in [0.2, 0.25) is 0 Å². The number of aliphatic hydroxyl groups excluding tert-OH is 1. The number of amides is 1. The molecule has 0 radical (unpaired) electrons. The SMILES string of the molecule is Cc1ocnc1C(=O)N(CC(C)O)C(C)C. The summed E-state index contributed by atoms with van der Waals surface area (Å²) in [5, 5.41) is 9.35. The molecule has 1 amide bonds. The zero-order chi connectivity index (χ0) is 12.3. The molecule has 1 aromatic rings. The minimum absolute atomic E-state index is 0.0122. The van der Waals surface area contributed by atoms with Crippen LogP contribution in [0.3, 0.4) is 0 Å². The number of hydrogen-bond donors (Lipinski definition) is 1. The summed E-state index contributed by atoms with van der Waals surface area (Å²) >= 11 is 0. The number of carbonyl (C=O) groups is 1. The number of rotatable bonds is 4. The highest BCUT2D eigenvalue weighted by molar-refractivity contribution is 5.93. The van der Waals surface area contributed by atoms with Crippen molar-refractivity contribution < 1.29 is 14.3 Å². The highest BCUT2D eigenvalue weighted by Crippen LogP contribution is 2.11. The second-order valence-electron chi connectivity index (χ2n) is 4.16. The van der Waals surface area contributed by atoms with Crippen LogP contribution in [0.25, 0.3) is 0 Å². The summed E-state index contributed by atoms with van der Waals surface area (Å²) in [5.74, 6) is 0.295. The van der Waals surface area contributed by atoms with Gasteiger partial charge in [0.1, 0.15) is 5.76 Å². The van der Waals surface area contributed by atoms with Gasteiger partial charge < -0.3 is 14.4 Å². The van der Waals surface area contributed by atoms with Crippen molar-refractivity contribution in [3.05, 3.63) is 17.8 Å². The molecule has 0 spiro atoms. The largest absolute Gasteiger partial charge is 0.448 e. The summed E-state index contributed by atoms with van der Waals surface area (Å²) in [6.45, 7) is 7.44. The van der Waals surface area contributed by atoms with Gasteiger partial charge in [-0.1, -0.05) is 0 Å². The van der Waals surface area contributed by atoms with Crippen molar-refractivity contribution in [2.24, 2.45) is 0 Å². The van der Waals surface area contributed by atoms with Crippen LogP contribution in [-0.2, 0) is 0 Å². The first-order chi connectivity index (χ1) is 7.43. The van der Waals surface area contributed by atoms with Crippen LogP contribution >= 0.6 is 0 Å². The first kappa shape index (κ1) is 12.7. The highest BCUT2D eigenvalue weighted by atomic mass is 16.3. The predicted octanol–water partition coefficient (Wildman–Crippen LogP) is 1.21. The molecule has 90 valence electrons. The molecule has 0 bridgehead atoms. The lowest BCUT2D eigenvalue weighted by atomic mass is 10.2. The maximum atomic E-state index is 12.1. The summed E-state index contributed by atoms with van der Waals surface area (Å²) in [7, 11) is 0. The highest BCUT2D eigenvalue weighted by Gasteiger charge is 2.24. The van der Waals surface area contributed by atoms with Gasteiger partial charge in [0, 0.05) is 12.6 Å². The van der Waals surface area contributed by atoms with Crippen LogP contribution in [0.2, 0.25) is 0 Å². The van der Waals surface area contributed by atoms with Crippen LogP contribution in [0.1, 0.15) is 37.0 Å². The maximum absolute atomic E-state index is 12.1. The fourth-order valence-electron chi connectivity index (χ4n) is 1.46. The molecule has 0 saturated heterocycles. The van der Waals surface area contributed by atoms with Crippen molar-refractivity contribution in [1.29, 1.82) is 0 Å². The lowest BCUT2D eigenvalue weighted by Gasteiger charge is -2.27. The Morgan fingerprint density at radius 1 is 1.56 bits per heavy atom. The Hall–Kier alpha value is -1.36. The van der Waals surface area contributed by atoms with Crippen molar-refractivity contribution in [2.75, 3.05) is 6.54 Å². The van der Waals surface area contributed by atoms with Gasteiger partial charge in [0.25, 0.3) is 5.91 Å². The Bertz CT molecular complexity index is 358. The van der Waals surface area contributed by atoms with Gasteiger partial charge in [0.05, 0.1) is 6.10 Å². The average Bonchev–Trinajstić information content (AvgIpc) is 2.59. The van der Waals surface area contributed by atoms with E-state index in [0.717, 1.165) is 0 Å². The summed E-state index contributed by atoms with van der Waals surface area (Å²) in [6, 6.07) is 0.0122. The molecule has 0 aliphatic heterocycles. The van der Waals surface area contributed by atoms with Crippen molar-refractivity contribution in [3.63, 3.8) is 0 Å². The summed E-state index contributed by atoms with van der Waals surface area (Å²) < 4.78 is 5.00. The molecule has 0 aromatic carbocycles. The first-order valence-corrected chi connectivity index (χ1v) is 5.32. The Morgan fingerprint density at radius 2 is 2.19 bits per heavy atom. The van der Waals surface area contributed by atoms with Crippen LogP contribution in [-0.4, -0.2) is 39.6 Å². The normalized spacial score (nSPS) is 12.9. The Labute approximate surface area is 95.1 Å². The van der Waals surface area contributed by atoms with E-state index in [-0.39, 0.29) is 11.9 Å². The summed E-state index contributed by atoms with van der Waals surface area (Å²) in [4.78, 5) is 17.6. The third-order valence-corrected chi connectivity index (χ3v) is 2.29. The number of aliphatic hydroxyl groups is 1. The smallest absolute Gasteiger partial charge is 0.276 e. The minimum atomic E-state index is -0.557. The van der Waals surface area contributed by atoms with E-state index in [4.69, 9.17) is 4.42 Å². The van der Waals surface area contributed by atoms with E-state index in [1.54, 1.807) is 18.7 Å². The van der Waals surface area contributed by atoms with Crippen molar-refractivity contribution in [1.82, 2.24) is 9.88 Å². The van der Waals surface area contributed by atoms with E-state index in [0.29, 0.717) is 18.0 Å². The molecule has 0 aliphatic carbocycles. The topological polar surface area (TPSA) is 66.6 Å². The van der Waals surface area contributed by atoms with E-state index >= 15 is 0 Å². The first-order valence-electron chi connectivity index (χ1n) is 5.32. The second kappa shape index (κ2) is 5.12. The van der Waals surface area contributed by atoms with E-state index in [2.05, 4.69) is 4.98 Å². The van der Waals surface area contributed by atoms with Gasteiger partial charge in [0.15, 0.2) is 12.1 Å². The van der Waals surface area contributed by atoms with Crippen LogP contribution in [0.15, 0.2) is 10.8 Å². The van der Waals surface area contributed by atoms with Crippen molar-refractivity contribution in [3.8, 4) is 0 Å². The molecule has 1 N–H and O–H groups in total. The molecule has 16 heavy (non-hydrogen) atoms. The lowest BCUT2D eigenvalue weighted by Crippen LogP contribution is -2.41. The fourth-order valence-corrected chi connectivity index (χ4v) is 1.46. The third-order valence-electron chi connectivity index (χ3n) is 2.29. The molecule has 1 heterocycles. The molecule has 0 aliphatic rings. The van der Waals surface area contributed by atoms with Crippen molar-refractivity contribution >= 4 is 5.91 Å². The van der Waals surface area contributed by atoms with Crippen LogP contribution in [0, 0.1) is 6.92 Å². The maximum Gasteiger partial charge on any atom is 0.276 e. The average molecular weight is 226 g/mol. The number of oxazole rings is 1. The van der Waals surface area contributed by atoms with Gasteiger partial charge in [-0.05, 0) is 27.7 Å². The number of hydrogen-bond acceptors (Lipinski definition) is 4. The molecular formula is C11H18N2O3. The van der Waals surface area contributed by atoms with Crippen LogP contribution in [0.5, 0.6) is 0 Å². The number of nitrogens with zero attached hydrogens (tertiary/aromatic N) is 2. The number of carbonyl (C=O) groups excluding carboxylic acids is 1. The Morgan fingerprint density at radius 3 is 2.56 bits per heavy atom. The summed E-state index contributed by atoms with van der Waals surface area (Å²) in [5.41, 5.74) is 0.314. The van der Waals surface area contributed by atoms with Crippen molar-refractivity contribution in [2.45, 2.75) is 39.8 Å². The molecule has 1 unspecified atom stereocenters. The molecular weight excluding hydrogens is 208 g/mol. The van der Waals surface area contributed by atoms with Gasteiger partial charge >= 0.3 is 0 Å². The third kappa shape index (κ3) is 2.82. The summed E-state index contributed by atoms with van der Waals surface area (Å²) in [6.07, 6.45) is 0.697. The Balaban J connectivity index is 2.88. The van der Waals surface area contributed by atoms with E-state index < -0.39 is 6.10 Å². The lowest BCUT2D eigenvalue weighted by molar-refractivity contribution is 0.0572. The monoisotopic (exact) mass is 226 g/mol. The fraction of sp³-hybridized carbons (Fsp3) is 0.636. The van der Waals surface area contributed by atoms with Crippen LogP contribution < -0.4 is 0 Å². The zero-order valence-corrected chi connectivity index (χ0v) is 10.1. The molecule has 1 rings (SSSR count). The molecule has 0 fully saturated rings. The van der Waals surface area contributed by atoms with E-state index in [1.807, 2.05) is 13.8 Å². The molecule has 0 saturated carbocycles. The Kier molecular flexibility index (Phi) is 4.06. The number of aryl methyl sites for hydroxylation is 1. The molecule has 5 nitrogen and oxygen atoms in total. The second-order valence-corrected chi connectivity index (χ2v) is 4.16. The van der Waals surface area contributed by atoms with Gasteiger partial charge in [-0.3, -0.25) is 4.79 Å². The van der Waals surface area contributed by atoms with Gasteiger partial charge in [-0.2, -0.15) is 0 Å².